The van der Waals surface area contributed by atoms with Crippen molar-refractivity contribution in [2.45, 2.75) is 57.8 Å². The maximum Gasteiger partial charge on any atom is 0.334 e. The van der Waals surface area contributed by atoms with E-state index in [-0.39, 0.29) is 11.4 Å². The molecule has 3 nitrogen and oxygen atoms in total. The van der Waals surface area contributed by atoms with Crippen LogP contribution in [-0.2, 0) is 21.4 Å². The van der Waals surface area contributed by atoms with Crippen molar-refractivity contribution in [3.63, 3.8) is 0 Å². The Bertz CT molecular complexity index is 729. The van der Waals surface area contributed by atoms with Gasteiger partial charge in [0.2, 0.25) is 0 Å². The van der Waals surface area contributed by atoms with Crippen LogP contribution >= 0.6 is 0 Å². The fourth-order valence-electron chi connectivity index (χ4n) is 4.98. The molecular weight excluding hydrogens is 288 g/mol. The number of carbonyl (C=O) groups is 1. The van der Waals surface area contributed by atoms with Crippen molar-refractivity contribution >= 4 is 5.97 Å². The number of aromatic hydroxyl groups is 1. The van der Waals surface area contributed by atoms with Gasteiger partial charge in [0.05, 0.1) is 0 Å². The molecule has 2 atom stereocenters. The first-order valence-electron chi connectivity index (χ1n) is 8.67. The maximum atomic E-state index is 11.9. The summed E-state index contributed by atoms with van der Waals surface area (Å²) in [7, 11) is 0. The Labute approximate surface area is 137 Å². The smallest absolute Gasteiger partial charge is 0.334 e. The fourth-order valence-corrected chi connectivity index (χ4v) is 4.98. The molecule has 2 aliphatic carbocycles. The van der Waals surface area contributed by atoms with Gasteiger partial charge in [-0.05, 0) is 65.2 Å². The summed E-state index contributed by atoms with van der Waals surface area (Å²) in [5.74, 6) is 1.09. The molecule has 0 radical (unpaired) electrons. The highest BCUT2D eigenvalue weighted by Gasteiger charge is 2.49. The number of esters is 1. The molecule has 0 unspecified atom stereocenters. The second-order valence-electron chi connectivity index (χ2n) is 7.77. The van der Waals surface area contributed by atoms with Crippen molar-refractivity contribution in [1.82, 2.24) is 0 Å². The van der Waals surface area contributed by atoms with Crippen LogP contribution < -0.4 is 0 Å². The summed E-state index contributed by atoms with van der Waals surface area (Å²) < 4.78 is 5.29. The second kappa shape index (κ2) is 4.86. The molecule has 1 heterocycles. The van der Waals surface area contributed by atoms with Crippen LogP contribution in [0.4, 0.5) is 0 Å². The Balaban J connectivity index is 1.84. The molecule has 3 aliphatic rings. The van der Waals surface area contributed by atoms with Crippen LogP contribution in [0.1, 0.15) is 62.6 Å². The Kier molecular flexibility index (Phi) is 3.13. The van der Waals surface area contributed by atoms with E-state index in [1.54, 1.807) is 0 Å². The largest absolute Gasteiger partial charge is 0.507 e. The van der Waals surface area contributed by atoms with Crippen molar-refractivity contribution in [2.24, 2.45) is 5.92 Å². The topological polar surface area (TPSA) is 46.5 Å². The van der Waals surface area contributed by atoms with Gasteiger partial charge in [-0.1, -0.05) is 32.9 Å². The van der Waals surface area contributed by atoms with Gasteiger partial charge in [0.15, 0.2) is 0 Å². The molecule has 1 N–H and O–H groups in total. The minimum Gasteiger partial charge on any atom is -0.507 e. The zero-order valence-electron chi connectivity index (χ0n) is 14.1. The number of phenols is 1. The number of hydrogen-bond acceptors (Lipinski definition) is 3. The van der Waals surface area contributed by atoms with Gasteiger partial charge < -0.3 is 9.84 Å². The van der Waals surface area contributed by atoms with Crippen molar-refractivity contribution in [1.29, 1.82) is 0 Å². The molecule has 0 fully saturated rings. The number of benzene rings is 1. The minimum absolute atomic E-state index is 0.00733. The molecule has 4 rings (SSSR count). The van der Waals surface area contributed by atoms with Crippen LogP contribution in [-0.4, -0.2) is 17.7 Å². The summed E-state index contributed by atoms with van der Waals surface area (Å²) in [6, 6.07) is 4.31. The zero-order valence-corrected chi connectivity index (χ0v) is 14.1. The molecule has 0 saturated carbocycles. The molecule has 1 aliphatic heterocycles. The van der Waals surface area contributed by atoms with Crippen LogP contribution in [0.25, 0.3) is 0 Å². The molecule has 0 bridgehead atoms. The molecule has 23 heavy (non-hydrogen) atoms. The molecule has 0 spiro atoms. The molecule has 3 heteroatoms. The van der Waals surface area contributed by atoms with Crippen molar-refractivity contribution in [3.05, 3.63) is 40.0 Å². The quantitative estimate of drug-likeness (QED) is 0.798. The predicted octanol–water partition coefficient (Wildman–Crippen LogP) is 3.98. The Morgan fingerprint density at radius 2 is 2.09 bits per heavy atom. The second-order valence-corrected chi connectivity index (χ2v) is 7.77. The van der Waals surface area contributed by atoms with Gasteiger partial charge in [0, 0.05) is 5.57 Å². The number of fused-ring (bicyclic) bond motifs is 4. The minimum atomic E-state index is -0.106. The predicted molar refractivity (Wildman–Crippen MR) is 88.6 cm³/mol. The lowest BCUT2D eigenvalue weighted by atomic mass is 9.56. The zero-order chi connectivity index (χ0) is 16.4. The van der Waals surface area contributed by atoms with Crippen LogP contribution in [0, 0.1) is 5.92 Å². The van der Waals surface area contributed by atoms with Crippen LogP contribution in [0.3, 0.4) is 0 Å². The number of hydrogen-bond donors (Lipinski definition) is 1. The van der Waals surface area contributed by atoms with Crippen LogP contribution in [0.2, 0.25) is 0 Å². The third-order valence-electron chi connectivity index (χ3n) is 6.31. The molecule has 0 aromatic heterocycles. The van der Waals surface area contributed by atoms with E-state index in [0.717, 1.165) is 42.4 Å². The van der Waals surface area contributed by atoms with Crippen molar-refractivity contribution < 1.29 is 14.6 Å². The summed E-state index contributed by atoms with van der Waals surface area (Å²) in [6.07, 6.45) is 3.63. The summed E-state index contributed by atoms with van der Waals surface area (Å²) in [4.78, 5) is 11.9. The third-order valence-corrected chi connectivity index (χ3v) is 6.31. The van der Waals surface area contributed by atoms with Crippen molar-refractivity contribution in [2.75, 3.05) is 6.61 Å². The highest BCUT2D eigenvalue weighted by molar-refractivity contribution is 5.92. The van der Waals surface area contributed by atoms with Gasteiger partial charge >= 0.3 is 5.97 Å². The van der Waals surface area contributed by atoms with E-state index in [9.17, 15) is 9.90 Å². The molecule has 122 valence electrons. The lowest BCUT2D eigenvalue weighted by molar-refractivity contribution is -0.136. The summed E-state index contributed by atoms with van der Waals surface area (Å²) in [5.41, 5.74) is 5.61. The van der Waals surface area contributed by atoms with E-state index in [4.69, 9.17) is 4.74 Å². The summed E-state index contributed by atoms with van der Waals surface area (Å²) >= 11 is 0. The van der Waals surface area contributed by atoms with Crippen LogP contribution in [0.15, 0.2) is 23.3 Å². The average Bonchev–Trinajstić information content (AvgIpc) is 2.88. The maximum absolute atomic E-state index is 11.9. The standard InChI is InChI=1S/C20H24O3/c1-11(2)12-4-6-16-14(18(12)21)5-7-17-15-10-23-19(22)13(15)8-9-20(16,17)3/h4,6,11,17,21H,5,7-10H2,1-3H3/t17-,20-/m1/s1. The lowest BCUT2D eigenvalue weighted by Gasteiger charge is -2.46. The molecule has 1 aromatic rings. The molecule has 0 saturated heterocycles. The summed E-state index contributed by atoms with van der Waals surface area (Å²) in [5, 5.41) is 10.7. The Morgan fingerprint density at radius 3 is 2.83 bits per heavy atom. The first-order chi connectivity index (χ1) is 10.9. The Morgan fingerprint density at radius 1 is 1.30 bits per heavy atom. The van der Waals surface area contributed by atoms with Gasteiger partial charge in [-0.15, -0.1) is 0 Å². The summed E-state index contributed by atoms with van der Waals surface area (Å²) in [6.45, 7) is 7.01. The van der Waals surface area contributed by atoms with E-state index < -0.39 is 0 Å². The van der Waals surface area contributed by atoms with E-state index in [0.29, 0.717) is 24.2 Å². The van der Waals surface area contributed by atoms with E-state index in [1.807, 2.05) is 0 Å². The fraction of sp³-hybridized carbons (Fsp3) is 0.550. The number of ether oxygens (including phenoxy) is 1. The van der Waals surface area contributed by atoms with Gasteiger partial charge in [-0.3, -0.25) is 0 Å². The van der Waals surface area contributed by atoms with E-state index in [2.05, 4.69) is 32.9 Å². The van der Waals surface area contributed by atoms with Gasteiger partial charge in [0.1, 0.15) is 12.4 Å². The molecular formula is C20H24O3. The highest BCUT2D eigenvalue weighted by atomic mass is 16.5. The lowest BCUT2D eigenvalue weighted by Crippen LogP contribution is -2.41. The normalized spacial score (nSPS) is 29.2. The number of rotatable bonds is 1. The first-order valence-corrected chi connectivity index (χ1v) is 8.67. The highest BCUT2D eigenvalue weighted by Crippen LogP contribution is 2.55. The van der Waals surface area contributed by atoms with E-state index >= 15 is 0 Å². The van der Waals surface area contributed by atoms with Gasteiger partial charge in [-0.25, -0.2) is 4.79 Å². The van der Waals surface area contributed by atoms with Gasteiger partial charge in [0.25, 0.3) is 0 Å². The van der Waals surface area contributed by atoms with E-state index in [1.165, 1.54) is 11.1 Å². The Hall–Kier alpha value is -1.77. The molecule has 1 aromatic carbocycles. The number of cyclic esters (lactones) is 1. The SMILES string of the molecule is CC(C)c1ccc2c(c1O)CC[C@@H]1C3=C(CC[C@]21C)C(=O)OC3. The number of carbonyl (C=O) groups excluding carboxylic acids is 1. The molecule has 0 amide bonds. The average molecular weight is 312 g/mol. The monoisotopic (exact) mass is 312 g/mol. The van der Waals surface area contributed by atoms with Crippen LogP contribution in [0.5, 0.6) is 5.75 Å². The third kappa shape index (κ3) is 1.92. The first kappa shape index (κ1) is 14.8. The van der Waals surface area contributed by atoms with Gasteiger partial charge in [-0.2, -0.15) is 0 Å². The van der Waals surface area contributed by atoms with Crippen molar-refractivity contribution in [3.8, 4) is 5.75 Å². The number of phenolic OH excluding ortho intramolecular Hbond substituents is 1.